The number of hydrogen-bond donors (Lipinski definition) is 1. The van der Waals surface area contributed by atoms with Gasteiger partial charge in [-0.2, -0.15) is 0 Å². The van der Waals surface area contributed by atoms with Gasteiger partial charge in [-0.1, -0.05) is 24.6 Å². The van der Waals surface area contributed by atoms with Crippen molar-refractivity contribution in [1.29, 1.82) is 0 Å². The molecule has 1 aliphatic rings. The molecule has 0 spiro atoms. The number of fused-ring (bicyclic) bond motifs is 3. The maximum atomic E-state index is 13.0. The van der Waals surface area contributed by atoms with Gasteiger partial charge in [0.05, 0.1) is 12.0 Å². The van der Waals surface area contributed by atoms with Gasteiger partial charge >= 0.3 is 0 Å². The predicted octanol–water partition coefficient (Wildman–Crippen LogP) is 5.74. The SMILES string of the molecule is CC[C@]1(C)CC(=O)c2c(ccc3oc(C(=O)Nc4ccc(C)cc4C)c(C)c23)O1. The summed E-state index contributed by atoms with van der Waals surface area (Å²) in [6.07, 6.45) is 1.05. The maximum absolute atomic E-state index is 13.0. The third-order valence-electron chi connectivity index (χ3n) is 5.81. The molecule has 150 valence electrons. The Morgan fingerprint density at radius 1 is 1.17 bits per heavy atom. The van der Waals surface area contributed by atoms with Crippen molar-refractivity contribution < 1.29 is 18.7 Å². The lowest BCUT2D eigenvalue weighted by Crippen LogP contribution is -2.38. The van der Waals surface area contributed by atoms with E-state index in [0.717, 1.165) is 23.2 Å². The number of Topliss-reactive ketones (excluding diaryl/α,β-unsaturated/α-hetero) is 1. The van der Waals surface area contributed by atoms with Gasteiger partial charge in [0.25, 0.3) is 5.91 Å². The molecule has 0 saturated carbocycles. The zero-order valence-electron chi connectivity index (χ0n) is 17.4. The molecule has 4 rings (SSSR count). The third kappa shape index (κ3) is 3.20. The molecule has 2 aromatic carbocycles. The quantitative estimate of drug-likeness (QED) is 0.618. The number of amides is 1. The van der Waals surface area contributed by atoms with Gasteiger partial charge in [0.1, 0.15) is 16.9 Å². The number of ketones is 1. The van der Waals surface area contributed by atoms with E-state index in [9.17, 15) is 9.59 Å². The van der Waals surface area contributed by atoms with E-state index in [-0.39, 0.29) is 17.5 Å². The standard InChI is InChI=1S/C24H25NO4/c1-6-24(5)12-17(26)21-19(29-24)10-9-18-20(21)15(4)22(28-18)23(27)25-16-8-7-13(2)11-14(16)3/h7-11H,6,12H2,1-5H3,(H,25,27)/t24-/m1/s1. The van der Waals surface area contributed by atoms with E-state index in [1.54, 1.807) is 12.1 Å². The Balaban J connectivity index is 1.76. The number of ether oxygens (including phenoxy) is 1. The van der Waals surface area contributed by atoms with E-state index in [1.807, 2.05) is 52.8 Å². The van der Waals surface area contributed by atoms with Crippen molar-refractivity contribution in [3.8, 4) is 5.75 Å². The second-order valence-corrected chi connectivity index (χ2v) is 8.15. The number of rotatable bonds is 3. The van der Waals surface area contributed by atoms with Crippen molar-refractivity contribution in [1.82, 2.24) is 0 Å². The molecule has 0 fully saturated rings. The number of benzene rings is 2. The van der Waals surface area contributed by atoms with Crippen molar-refractivity contribution in [2.45, 2.75) is 53.1 Å². The predicted molar refractivity (Wildman–Crippen MR) is 113 cm³/mol. The molecule has 2 heterocycles. The fraction of sp³-hybridized carbons (Fsp3) is 0.333. The van der Waals surface area contributed by atoms with Crippen molar-refractivity contribution in [3.05, 3.63) is 58.3 Å². The average molecular weight is 391 g/mol. The number of anilines is 1. The summed E-state index contributed by atoms with van der Waals surface area (Å²) in [5.41, 5.74) is 4.02. The Morgan fingerprint density at radius 3 is 2.62 bits per heavy atom. The molecule has 0 bridgehead atoms. The van der Waals surface area contributed by atoms with Crippen molar-refractivity contribution in [2.24, 2.45) is 0 Å². The van der Waals surface area contributed by atoms with Crippen LogP contribution in [0.3, 0.4) is 0 Å². The highest BCUT2D eigenvalue weighted by atomic mass is 16.5. The molecule has 0 aliphatic carbocycles. The second-order valence-electron chi connectivity index (χ2n) is 8.15. The second kappa shape index (κ2) is 6.76. The summed E-state index contributed by atoms with van der Waals surface area (Å²) in [5.74, 6) is 0.460. The Labute approximate surface area is 170 Å². The first-order valence-corrected chi connectivity index (χ1v) is 9.89. The summed E-state index contributed by atoms with van der Waals surface area (Å²) in [4.78, 5) is 25.9. The number of aryl methyl sites for hydroxylation is 3. The monoisotopic (exact) mass is 391 g/mol. The van der Waals surface area contributed by atoms with Gasteiger partial charge in [0, 0.05) is 16.6 Å². The smallest absolute Gasteiger partial charge is 0.291 e. The molecule has 1 atom stereocenters. The molecule has 1 aromatic heterocycles. The van der Waals surface area contributed by atoms with Crippen LogP contribution in [0.1, 0.15) is 64.3 Å². The highest BCUT2D eigenvalue weighted by Crippen LogP contribution is 2.41. The van der Waals surface area contributed by atoms with Crippen LogP contribution in [0.5, 0.6) is 5.75 Å². The lowest BCUT2D eigenvalue weighted by Gasteiger charge is -2.34. The molecule has 29 heavy (non-hydrogen) atoms. The van der Waals surface area contributed by atoms with Crippen LogP contribution >= 0.6 is 0 Å². The van der Waals surface area contributed by atoms with Gasteiger partial charge in [-0.25, -0.2) is 0 Å². The van der Waals surface area contributed by atoms with Gasteiger partial charge < -0.3 is 14.5 Å². The summed E-state index contributed by atoms with van der Waals surface area (Å²) < 4.78 is 12.0. The van der Waals surface area contributed by atoms with Gasteiger partial charge in [0.15, 0.2) is 11.5 Å². The number of carbonyl (C=O) groups excluding carboxylic acids is 2. The number of furan rings is 1. The largest absolute Gasteiger partial charge is 0.486 e. The Kier molecular flexibility index (Phi) is 4.49. The average Bonchev–Trinajstić information content (AvgIpc) is 3.00. The fourth-order valence-electron chi connectivity index (χ4n) is 3.96. The zero-order valence-corrected chi connectivity index (χ0v) is 17.4. The van der Waals surface area contributed by atoms with Crippen LogP contribution in [0.4, 0.5) is 5.69 Å². The fourth-order valence-corrected chi connectivity index (χ4v) is 3.96. The molecule has 5 heteroatoms. The molecule has 0 unspecified atom stereocenters. The minimum atomic E-state index is -0.501. The van der Waals surface area contributed by atoms with Gasteiger partial charge in [-0.05, 0) is 57.9 Å². The minimum Gasteiger partial charge on any atom is -0.486 e. The van der Waals surface area contributed by atoms with E-state index in [4.69, 9.17) is 9.15 Å². The first-order chi connectivity index (χ1) is 13.7. The Hall–Kier alpha value is -3.08. The molecular weight excluding hydrogens is 366 g/mol. The maximum Gasteiger partial charge on any atom is 0.291 e. The molecule has 5 nitrogen and oxygen atoms in total. The van der Waals surface area contributed by atoms with Crippen molar-refractivity contribution in [2.75, 3.05) is 5.32 Å². The highest BCUT2D eigenvalue weighted by Gasteiger charge is 2.37. The van der Waals surface area contributed by atoms with Crippen LogP contribution < -0.4 is 10.1 Å². The minimum absolute atomic E-state index is 0.0198. The van der Waals surface area contributed by atoms with E-state index >= 15 is 0 Å². The molecule has 1 aliphatic heterocycles. The lowest BCUT2D eigenvalue weighted by atomic mass is 9.87. The Bertz CT molecular complexity index is 1160. The molecule has 0 saturated heterocycles. The topological polar surface area (TPSA) is 68.5 Å². The summed E-state index contributed by atoms with van der Waals surface area (Å²) >= 11 is 0. The van der Waals surface area contributed by atoms with Crippen molar-refractivity contribution >= 4 is 28.3 Å². The van der Waals surface area contributed by atoms with Crippen LogP contribution in [0.15, 0.2) is 34.7 Å². The lowest BCUT2D eigenvalue weighted by molar-refractivity contribution is 0.0503. The molecule has 1 amide bonds. The van der Waals surface area contributed by atoms with Crippen LogP contribution in [0.2, 0.25) is 0 Å². The molecule has 1 N–H and O–H groups in total. The van der Waals surface area contributed by atoms with Crippen LogP contribution in [0.25, 0.3) is 11.0 Å². The van der Waals surface area contributed by atoms with Gasteiger partial charge in [-0.3, -0.25) is 9.59 Å². The number of nitrogens with one attached hydrogen (secondary N) is 1. The van der Waals surface area contributed by atoms with Gasteiger partial charge in [-0.15, -0.1) is 0 Å². The highest BCUT2D eigenvalue weighted by molar-refractivity contribution is 6.14. The molecular formula is C24H25NO4. The van der Waals surface area contributed by atoms with Gasteiger partial charge in [0.2, 0.25) is 0 Å². The summed E-state index contributed by atoms with van der Waals surface area (Å²) in [5, 5.41) is 3.58. The Morgan fingerprint density at radius 2 is 1.93 bits per heavy atom. The number of carbonyl (C=O) groups is 2. The van der Waals surface area contributed by atoms with Crippen LogP contribution in [-0.4, -0.2) is 17.3 Å². The normalized spacial score (nSPS) is 18.4. The number of hydrogen-bond acceptors (Lipinski definition) is 4. The first kappa shape index (κ1) is 19.2. The third-order valence-corrected chi connectivity index (χ3v) is 5.81. The van der Waals surface area contributed by atoms with Crippen LogP contribution in [0, 0.1) is 20.8 Å². The van der Waals surface area contributed by atoms with E-state index in [1.165, 1.54) is 0 Å². The summed E-state index contributed by atoms with van der Waals surface area (Å²) in [6.45, 7) is 9.72. The van der Waals surface area contributed by atoms with Crippen LogP contribution in [-0.2, 0) is 0 Å². The molecule has 0 radical (unpaired) electrons. The van der Waals surface area contributed by atoms with E-state index < -0.39 is 5.60 Å². The summed E-state index contributed by atoms with van der Waals surface area (Å²) in [6, 6.07) is 9.37. The first-order valence-electron chi connectivity index (χ1n) is 9.89. The summed E-state index contributed by atoms with van der Waals surface area (Å²) in [7, 11) is 0. The molecule has 3 aromatic rings. The zero-order chi connectivity index (χ0) is 20.9. The van der Waals surface area contributed by atoms with Crippen molar-refractivity contribution in [3.63, 3.8) is 0 Å². The van der Waals surface area contributed by atoms with E-state index in [0.29, 0.717) is 34.3 Å². The van der Waals surface area contributed by atoms with E-state index in [2.05, 4.69) is 5.32 Å².